The van der Waals surface area contributed by atoms with E-state index in [-0.39, 0.29) is 5.63 Å². The second kappa shape index (κ2) is 2.94. The summed E-state index contributed by atoms with van der Waals surface area (Å²) in [5.74, 6) is 0. The first kappa shape index (κ1) is 7.86. The molecule has 1 aromatic carbocycles. The Labute approximate surface area is 75.0 Å². The monoisotopic (exact) mass is 175 g/mol. The van der Waals surface area contributed by atoms with Crippen molar-refractivity contribution in [1.82, 2.24) is 5.16 Å². The van der Waals surface area contributed by atoms with Crippen LogP contribution < -0.4 is 5.63 Å². The molecule has 0 saturated heterocycles. The summed E-state index contributed by atoms with van der Waals surface area (Å²) >= 11 is 0. The van der Waals surface area contributed by atoms with Crippen molar-refractivity contribution >= 4 is 0 Å². The third-order valence-corrected chi connectivity index (χ3v) is 1.89. The van der Waals surface area contributed by atoms with Crippen LogP contribution in [0.1, 0.15) is 5.56 Å². The van der Waals surface area contributed by atoms with Crippen molar-refractivity contribution in [3.8, 4) is 11.3 Å². The van der Waals surface area contributed by atoms with Crippen molar-refractivity contribution in [3.05, 3.63) is 46.3 Å². The molecule has 2 aromatic rings. The molecule has 0 fully saturated rings. The Morgan fingerprint density at radius 3 is 2.46 bits per heavy atom. The van der Waals surface area contributed by atoms with Gasteiger partial charge in [0.1, 0.15) is 0 Å². The summed E-state index contributed by atoms with van der Waals surface area (Å²) in [7, 11) is 0. The van der Waals surface area contributed by atoms with E-state index in [9.17, 15) is 4.79 Å². The average Bonchev–Trinajstić information content (AvgIpc) is 2.53. The molecule has 0 saturated carbocycles. The zero-order valence-electron chi connectivity index (χ0n) is 7.20. The second-order valence-corrected chi connectivity index (χ2v) is 2.95. The van der Waals surface area contributed by atoms with Gasteiger partial charge in [-0.05, 0) is 6.92 Å². The normalized spacial score (nSPS) is 10.2. The van der Waals surface area contributed by atoms with E-state index >= 15 is 0 Å². The first-order chi connectivity index (χ1) is 6.25. The fourth-order valence-corrected chi connectivity index (χ4v) is 1.16. The Balaban J connectivity index is 2.47. The highest BCUT2D eigenvalue weighted by molar-refractivity contribution is 5.58. The van der Waals surface area contributed by atoms with Crippen LogP contribution in [-0.4, -0.2) is 5.16 Å². The molecule has 0 amide bonds. The van der Waals surface area contributed by atoms with Crippen LogP contribution in [0.3, 0.4) is 0 Å². The minimum atomic E-state index is -0.351. The number of benzene rings is 1. The lowest BCUT2D eigenvalue weighted by atomic mass is 10.1. The van der Waals surface area contributed by atoms with Crippen molar-refractivity contribution < 1.29 is 4.52 Å². The summed E-state index contributed by atoms with van der Waals surface area (Å²) in [5.41, 5.74) is 2.51. The van der Waals surface area contributed by atoms with Crippen LogP contribution in [0.25, 0.3) is 11.3 Å². The predicted molar refractivity (Wildman–Crippen MR) is 49.5 cm³/mol. The summed E-state index contributed by atoms with van der Waals surface area (Å²) in [6.45, 7) is 2.02. The molecule has 13 heavy (non-hydrogen) atoms. The highest BCUT2D eigenvalue weighted by Gasteiger charge is 2.00. The van der Waals surface area contributed by atoms with Crippen LogP contribution in [0.4, 0.5) is 0 Å². The lowest BCUT2D eigenvalue weighted by Gasteiger charge is -1.95. The molecule has 66 valence electrons. The number of rotatable bonds is 1. The van der Waals surface area contributed by atoms with Crippen molar-refractivity contribution in [3.63, 3.8) is 0 Å². The van der Waals surface area contributed by atoms with E-state index < -0.39 is 0 Å². The number of aromatic amines is 1. The van der Waals surface area contributed by atoms with Gasteiger partial charge < -0.3 is 4.52 Å². The summed E-state index contributed by atoms with van der Waals surface area (Å²) in [6, 6.07) is 9.29. The van der Waals surface area contributed by atoms with E-state index in [1.54, 1.807) is 0 Å². The summed E-state index contributed by atoms with van der Waals surface area (Å²) in [4.78, 5) is 10.7. The van der Waals surface area contributed by atoms with E-state index in [0.717, 1.165) is 5.56 Å². The molecule has 1 heterocycles. The molecule has 0 aliphatic rings. The molecule has 1 N–H and O–H groups in total. The molecule has 0 bridgehead atoms. The summed E-state index contributed by atoms with van der Waals surface area (Å²) in [6.07, 6.45) is 0. The van der Waals surface area contributed by atoms with Gasteiger partial charge in [-0.3, -0.25) is 0 Å². The van der Waals surface area contributed by atoms with Gasteiger partial charge in [0.25, 0.3) is 0 Å². The van der Waals surface area contributed by atoms with E-state index in [1.807, 2.05) is 31.2 Å². The zero-order valence-corrected chi connectivity index (χ0v) is 7.20. The quantitative estimate of drug-likeness (QED) is 0.719. The zero-order chi connectivity index (χ0) is 9.26. The van der Waals surface area contributed by atoms with Crippen LogP contribution >= 0.6 is 0 Å². The number of aryl methyl sites for hydroxylation is 1. The Morgan fingerprint density at radius 2 is 1.92 bits per heavy atom. The van der Waals surface area contributed by atoms with Crippen molar-refractivity contribution in [2.75, 3.05) is 0 Å². The minimum absolute atomic E-state index is 0.351. The number of H-pyrrole nitrogens is 1. The van der Waals surface area contributed by atoms with E-state index in [4.69, 9.17) is 0 Å². The molecule has 2 rings (SSSR count). The molecule has 3 heteroatoms. The van der Waals surface area contributed by atoms with Gasteiger partial charge in [0, 0.05) is 5.56 Å². The van der Waals surface area contributed by atoms with Gasteiger partial charge >= 0.3 is 5.63 Å². The SMILES string of the molecule is Cc1ccc(-c2cc(=O)o[nH]2)cc1. The lowest BCUT2D eigenvalue weighted by Crippen LogP contribution is -1.85. The molecular formula is C10H9NO2. The molecule has 0 aliphatic carbocycles. The number of hydrogen-bond acceptors (Lipinski definition) is 2. The van der Waals surface area contributed by atoms with E-state index in [0.29, 0.717) is 5.69 Å². The van der Waals surface area contributed by atoms with Gasteiger partial charge in [0.2, 0.25) is 0 Å². The first-order valence-corrected chi connectivity index (χ1v) is 4.01. The molecule has 0 spiro atoms. The van der Waals surface area contributed by atoms with Crippen LogP contribution in [0, 0.1) is 6.92 Å². The van der Waals surface area contributed by atoms with Gasteiger partial charge in [-0.2, -0.15) is 0 Å². The maximum Gasteiger partial charge on any atom is 0.357 e. The Kier molecular flexibility index (Phi) is 1.77. The van der Waals surface area contributed by atoms with Crippen molar-refractivity contribution in [2.45, 2.75) is 6.92 Å². The maximum absolute atomic E-state index is 10.7. The maximum atomic E-state index is 10.7. The highest BCUT2D eigenvalue weighted by atomic mass is 16.5. The number of aromatic nitrogens is 1. The molecular weight excluding hydrogens is 166 g/mol. The van der Waals surface area contributed by atoms with E-state index in [2.05, 4.69) is 9.68 Å². The third-order valence-electron chi connectivity index (χ3n) is 1.89. The minimum Gasteiger partial charge on any atom is -0.339 e. The Hall–Kier alpha value is -1.77. The number of hydrogen-bond donors (Lipinski definition) is 1. The molecule has 0 aliphatic heterocycles. The van der Waals surface area contributed by atoms with Crippen LogP contribution in [0.5, 0.6) is 0 Å². The Bertz CT molecular complexity index is 450. The molecule has 0 radical (unpaired) electrons. The molecule has 0 atom stereocenters. The van der Waals surface area contributed by atoms with Crippen molar-refractivity contribution in [1.29, 1.82) is 0 Å². The highest BCUT2D eigenvalue weighted by Crippen LogP contribution is 2.15. The van der Waals surface area contributed by atoms with Gasteiger partial charge in [-0.25, -0.2) is 9.95 Å². The van der Waals surface area contributed by atoms with Gasteiger partial charge in [-0.15, -0.1) is 0 Å². The molecule has 0 unspecified atom stereocenters. The van der Waals surface area contributed by atoms with Crippen LogP contribution in [0.15, 0.2) is 39.6 Å². The number of nitrogens with one attached hydrogen (secondary N) is 1. The van der Waals surface area contributed by atoms with Crippen LogP contribution in [-0.2, 0) is 0 Å². The first-order valence-electron chi connectivity index (χ1n) is 4.01. The summed E-state index contributed by atoms with van der Waals surface area (Å²) in [5, 5.41) is 2.55. The van der Waals surface area contributed by atoms with E-state index in [1.165, 1.54) is 11.6 Å². The fraction of sp³-hybridized carbons (Fsp3) is 0.100. The standard InChI is InChI=1S/C10H9NO2/c1-7-2-4-8(5-3-7)9-6-10(12)13-11-9/h2-6,11H,1H3. The van der Waals surface area contributed by atoms with Gasteiger partial charge in [-0.1, -0.05) is 29.8 Å². The van der Waals surface area contributed by atoms with Crippen LogP contribution in [0.2, 0.25) is 0 Å². The van der Waals surface area contributed by atoms with Gasteiger partial charge in [0.15, 0.2) is 0 Å². The summed E-state index contributed by atoms with van der Waals surface area (Å²) < 4.78 is 4.57. The fourth-order valence-electron chi connectivity index (χ4n) is 1.16. The smallest absolute Gasteiger partial charge is 0.339 e. The average molecular weight is 175 g/mol. The molecule has 1 aromatic heterocycles. The lowest BCUT2D eigenvalue weighted by molar-refractivity contribution is 0.394. The third kappa shape index (κ3) is 1.54. The van der Waals surface area contributed by atoms with Gasteiger partial charge in [0.05, 0.1) is 11.8 Å². The van der Waals surface area contributed by atoms with Crippen molar-refractivity contribution in [2.24, 2.45) is 0 Å². The largest absolute Gasteiger partial charge is 0.357 e. The molecule has 3 nitrogen and oxygen atoms in total. The Morgan fingerprint density at radius 1 is 1.23 bits per heavy atom. The second-order valence-electron chi connectivity index (χ2n) is 2.95. The predicted octanol–water partition coefficient (Wildman–Crippen LogP) is 1.94. The topological polar surface area (TPSA) is 46.0 Å².